The predicted molar refractivity (Wildman–Crippen MR) is 56.7 cm³/mol. The number of urea groups is 1. The molecule has 2 unspecified atom stereocenters. The second kappa shape index (κ2) is 4.69. The summed E-state index contributed by atoms with van der Waals surface area (Å²) in [5.74, 6) is -0.420. The molecule has 0 aromatic carbocycles. The van der Waals surface area contributed by atoms with Gasteiger partial charge in [0.05, 0.1) is 6.10 Å². The van der Waals surface area contributed by atoms with E-state index in [1.807, 2.05) is 0 Å². The number of ether oxygens (including phenoxy) is 1. The number of carbonyl (C=O) groups is 2. The van der Waals surface area contributed by atoms with Crippen LogP contribution < -0.4 is 11.1 Å². The Morgan fingerprint density at radius 2 is 2.12 bits per heavy atom. The smallest absolute Gasteiger partial charge is 0.317 e. The molecule has 6 heteroatoms. The Morgan fingerprint density at radius 1 is 1.38 bits per heavy atom. The summed E-state index contributed by atoms with van der Waals surface area (Å²) in [5, 5.41) is 2.80. The van der Waals surface area contributed by atoms with E-state index in [1.165, 1.54) is 0 Å². The van der Waals surface area contributed by atoms with E-state index >= 15 is 0 Å². The lowest BCUT2D eigenvalue weighted by atomic mass is 10.2. The first-order valence-corrected chi connectivity index (χ1v) is 5.64. The molecule has 2 fully saturated rings. The van der Waals surface area contributed by atoms with E-state index in [-0.39, 0.29) is 12.1 Å². The highest BCUT2D eigenvalue weighted by molar-refractivity contribution is 5.79. The fourth-order valence-electron chi connectivity index (χ4n) is 1.90. The van der Waals surface area contributed by atoms with Crippen molar-refractivity contribution in [2.24, 2.45) is 5.73 Å². The maximum Gasteiger partial charge on any atom is 0.317 e. The van der Waals surface area contributed by atoms with E-state index in [9.17, 15) is 9.59 Å². The molecule has 0 aromatic rings. The van der Waals surface area contributed by atoms with Crippen molar-refractivity contribution >= 4 is 11.9 Å². The SMILES string of the molecule is NC(=O)C1CCC(CNC(=O)N2CCC2)O1. The number of primary amides is 1. The summed E-state index contributed by atoms with van der Waals surface area (Å²) >= 11 is 0. The lowest BCUT2D eigenvalue weighted by molar-refractivity contribution is -0.128. The molecule has 0 saturated carbocycles. The molecule has 0 aromatic heterocycles. The van der Waals surface area contributed by atoms with Crippen LogP contribution >= 0.6 is 0 Å². The van der Waals surface area contributed by atoms with E-state index in [1.54, 1.807) is 4.90 Å². The van der Waals surface area contributed by atoms with Gasteiger partial charge in [-0.05, 0) is 19.3 Å². The highest BCUT2D eigenvalue weighted by Crippen LogP contribution is 2.18. The molecule has 2 atom stereocenters. The van der Waals surface area contributed by atoms with Gasteiger partial charge in [-0.2, -0.15) is 0 Å². The van der Waals surface area contributed by atoms with Crippen molar-refractivity contribution in [2.45, 2.75) is 31.5 Å². The van der Waals surface area contributed by atoms with Crippen LogP contribution in [-0.2, 0) is 9.53 Å². The number of hydrogen-bond donors (Lipinski definition) is 2. The summed E-state index contributed by atoms with van der Waals surface area (Å²) in [7, 11) is 0. The van der Waals surface area contributed by atoms with Crippen LogP contribution in [0.1, 0.15) is 19.3 Å². The largest absolute Gasteiger partial charge is 0.367 e. The monoisotopic (exact) mass is 227 g/mol. The molecule has 2 aliphatic rings. The number of nitrogens with zero attached hydrogens (tertiary/aromatic N) is 1. The number of nitrogens with two attached hydrogens (primary N) is 1. The quantitative estimate of drug-likeness (QED) is 0.677. The molecule has 6 nitrogen and oxygen atoms in total. The molecule has 90 valence electrons. The van der Waals surface area contributed by atoms with E-state index in [0.29, 0.717) is 13.0 Å². The van der Waals surface area contributed by atoms with Crippen LogP contribution in [0.5, 0.6) is 0 Å². The van der Waals surface area contributed by atoms with Gasteiger partial charge in [-0.25, -0.2) is 4.79 Å². The van der Waals surface area contributed by atoms with E-state index in [4.69, 9.17) is 10.5 Å². The molecule has 2 saturated heterocycles. The molecule has 0 aliphatic carbocycles. The average Bonchev–Trinajstić information content (AvgIpc) is 2.60. The topological polar surface area (TPSA) is 84.7 Å². The molecule has 16 heavy (non-hydrogen) atoms. The highest BCUT2D eigenvalue weighted by Gasteiger charge is 2.29. The molecule has 3 amide bonds. The van der Waals surface area contributed by atoms with Crippen LogP contribution in [0.2, 0.25) is 0 Å². The third kappa shape index (κ3) is 2.44. The predicted octanol–water partition coefficient (Wildman–Crippen LogP) is -0.565. The van der Waals surface area contributed by atoms with Gasteiger partial charge < -0.3 is 20.7 Å². The van der Waals surface area contributed by atoms with Gasteiger partial charge in [-0.3, -0.25) is 4.79 Å². The van der Waals surface area contributed by atoms with Gasteiger partial charge in [0.2, 0.25) is 5.91 Å². The first kappa shape index (κ1) is 11.2. The van der Waals surface area contributed by atoms with Crippen molar-refractivity contribution in [3.05, 3.63) is 0 Å². The summed E-state index contributed by atoms with van der Waals surface area (Å²) in [5.41, 5.74) is 5.14. The number of carbonyl (C=O) groups excluding carboxylic acids is 2. The first-order valence-electron chi connectivity index (χ1n) is 5.64. The minimum absolute atomic E-state index is 0.0441. The number of hydrogen-bond acceptors (Lipinski definition) is 3. The van der Waals surface area contributed by atoms with Crippen LogP contribution in [0, 0.1) is 0 Å². The third-order valence-electron chi connectivity index (χ3n) is 3.05. The number of nitrogens with one attached hydrogen (secondary N) is 1. The van der Waals surface area contributed by atoms with Crippen LogP contribution in [-0.4, -0.2) is 48.7 Å². The van der Waals surface area contributed by atoms with Gasteiger partial charge in [0.25, 0.3) is 0 Å². The standard InChI is InChI=1S/C10H17N3O3/c11-9(14)8-3-2-7(16-8)6-12-10(15)13-4-1-5-13/h7-8H,1-6H2,(H2,11,14)(H,12,15). The zero-order valence-electron chi connectivity index (χ0n) is 9.15. The highest BCUT2D eigenvalue weighted by atomic mass is 16.5. The Labute approximate surface area is 94.1 Å². The molecule has 0 spiro atoms. The number of likely N-dealkylation sites (tertiary alicyclic amines) is 1. The zero-order chi connectivity index (χ0) is 11.5. The molecule has 2 rings (SSSR count). The molecule has 0 bridgehead atoms. The number of rotatable bonds is 3. The Morgan fingerprint density at radius 3 is 2.62 bits per heavy atom. The van der Waals surface area contributed by atoms with Gasteiger partial charge in [-0.1, -0.05) is 0 Å². The van der Waals surface area contributed by atoms with Gasteiger partial charge in [-0.15, -0.1) is 0 Å². The molecule has 0 radical (unpaired) electrons. The second-order valence-corrected chi connectivity index (χ2v) is 4.25. The van der Waals surface area contributed by atoms with Gasteiger partial charge >= 0.3 is 6.03 Å². The summed E-state index contributed by atoms with van der Waals surface area (Å²) < 4.78 is 5.40. The van der Waals surface area contributed by atoms with Crippen molar-refractivity contribution in [3.8, 4) is 0 Å². The molecule has 2 heterocycles. The van der Waals surface area contributed by atoms with Crippen LogP contribution in [0.25, 0.3) is 0 Å². The minimum atomic E-state index is -0.481. The van der Waals surface area contributed by atoms with E-state index in [0.717, 1.165) is 25.9 Å². The fraction of sp³-hybridized carbons (Fsp3) is 0.800. The van der Waals surface area contributed by atoms with Crippen LogP contribution in [0.15, 0.2) is 0 Å². The van der Waals surface area contributed by atoms with Crippen molar-refractivity contribution in [3.63, 3.8) is 0 Å². The second-order valence-electron chi connectivity index (χ2n) is 4.25. The normalized spacial score (nSPS) is 28.6. The Balaban J connectivity index is 1.67. The van der Waals surface area contributed by atoms with Crippen molar-refractivity contribution in [1.29, 1.82) is 0 Å². The van der Waals surface area contributed by atoms with Crippen molar-refractivity contribution in [2.75, 3.05) is 19.6 Å². The maximum absolute atomic E-state index is 11.5. The minimum Gasteiger partial charge on any atom is -0.367 e. The van der Waals surface area contributed by atoms with Crippen LogP contribution in [0.3, 0.4) is 0 Å². The molecule has 2 aliphatic heterocycles. The average molecular weight is 227 g/mol. The fourth-order valence-corrected chi connectivity index (χ4v) is 1.90. The van der Waals surface area contributed by atoms with Crippen molar-refractivity contribution < 1.29 is 14.3 Å². The van der Waals surface area contributed by atoms with E-state index in [2.05, 4.69) is 5.32 Å². The number of amides is 3. The summed E-state index contributed by atoms with van der Waals surface area (Å²) in [6.45, 7) is 2.13. The lowest BCUT2D eigenvalue weighted by Crippen LogP contribution is -2.49. The van der Waals surface area contributed by atoms with Crippen molar-refractivity contribution in [1.82, 2.24) is 10.2 Å². The summed E-state index contributed by atoms with van der Waals surface area (Å²) in [4.78, 5) is 24.1. The first-order chi connectivity index (χ1) is 7.66. The lowest BCUT2D eigenvalue weighted by Gasteiger charge is -2.31. The maximum atomic E-state index is 11.5. The Bertz CT molecular complexity index is 291. The van der Waals surface area contributed by atoms with E-state index < -0.39 is 12.0 Å². The summed E-state index contributed by atoms with van der Waals surface area (Å²) in [6, 6.07) is -0.0441. The van der Waals surface area contributed by atoms with Crippen LogP contribution in [0.4, 0.5) is 4.79 Å². The molecular formula is C10H17N3O3. The summed E-state index contributed by atoms with van der Waals surface area (Å²) in [6.07, 6.45) is 1.94. The third-order valence-corrected chi connectivity index (χ3v) is 3.05. The molecular weight excluding hydrogens is 210 g/mol. The van der Waals surface area contributed by atoms with Gasteiger partial charge in [0.15, 0.2) is 0 Å². The molecule has 3 N–H and O–H groups in total. The Kier molecular flexibility index (Phi) is 3.28. The Hall–Kier alpha value is -1.30. The zero-order valence-corrected chi connectivity index (χ0v) is 9.15. The van der Waals surface area contributed by atoms with Gasteiger partial charge in [0, 0.05) is 19.6 Å². The van der Waals surface area contributed by atoms with Gasteiger partial charge in [0.1, 0.15) is 6.10 Å².